The van der Waals surface area contributed by atoms with Gasteiger partial charge in [0, 0.05) is 39.7 Å². The molecular weight excluding hydrogens is 326 g/mol. The molecule has 0 radical (unpaired) electrons. The highest BCUT2D eigenvalue weighted by Crippen LogP contribution is 2.22. The maximum atomic E-state index is 5.68. The topological polar surface area (TPSA) is 46.1 Å². The third-order valence-electron chi connectivity index (χ3n) is 4.85. The second kappa shape index (κ2) is 9.93. The van der Waals surface area contributed by atoms with E-state index in [1.165, 1.54) is 11.1 Å². The van der Waals surface area contributed by atoms with E-state index in [0.29, 0.717) is 19.1 Å². The normalized spacial score (nSPS) is 18.4. The Kier molecular flexibility index (Phi) is 7.91. The Morgan fingerprint density at radius 2 is 1.96 bits per heavy atom. The predicted molar refractivity (Wildman–Crippen MR) is 108 cm³/mol. The third-order valence-corrected chi connectivity index (χ3v) is 4.85. The molecule has 1 aromatic carbocycles. The molecule has 0 aromatic heterocycles. The summed E-state index contributed by atoms with van der Waals surface area (Å²) in [6, 6.07) is 8.86. The number of ether oxygens (including phenoxy) is 2. The third kappa shape index (κ3) is 6.29. The number of nitrogens with one attached hydrogen (secondary N) is 1. The first-order valence-electron chi connectivity index (χ1n) is 9.55. The molecule has 1 aliphatic heterocycles. The molecule has 1 fully saturated rings. The molecule has 0 amide bonds. The Balaban J connectivity index is 1.79. The molecule has 0 spiro atoms. The Morgan fingerprint density at radius 1 is 1.23 bits per heavy atom. The van der Waals surface area contributed by atoms with E-state index < -0.39 is 0 Å². The van der Waals surface area contributed by atoms with Gasteiger partial charge in [-0.2, -0.15) is 0 Å². The highest BCUT2D eigenvalue weighted by molar-refractivity contribution is 5.80. The van der Waals surface area contributed by atoms with Crippen molar-refractivity contribution in [3.63, 3.8) is 0 Å². The van der Waals surface area contributed by atoms with Crippen LogP contribution >= 0.6 is 0 Å². The van der Waals surface area contributed by atoms with E-state index in [4.69, 9.17) is 9.47 Å². The van der Waals surface area contributed by atoms with Crippen molar-refractivity contribution in [3.8, 4) is 0 Å². The van der Waals surface area contributed by atoms with Crippen LogP contribution in [0.3, 0.4) is 0 Å². The van der Waals surface area contributed by atoms with E-state index in [-0.39, 0.29) is 5.41 Å². The minimum absolute atomic E-state index is 0.192. The van der Waals surface area contributed by atoms with E-state index in [1.54, 1.807) is 7.11 Å². The lowest BCUT2D eigenvalue weighted by Crippen LogP contribution is -2.39. The van der Waals surface area contributed by atoms with E-state index in [1.807, 2.05) is 7.05 Å². The fraction of sp³-hybridized carbons (Fsp3) is 0.667. The fourth-order valence-corrected chi connectivity index (χ4v) is 3.19. The largest absolute Gasteiger partial charge is 0.382 e. The van der Waals surface area contributed by atoms with Crippen molar-refractivity contribution in [2.24, 2.45) is 10.9 Å². The van der Waals surface area contributed by atoms with Crippen molar-refractivity contribution in [2.45, 2.75) is 39.2 Å². The summed E-state index contributed by atoms with van der Waals surface area (Å²) in [6.07, 6.45) is 1.15. The van der Waals surface area contributed by atoms with Gasteiger partial charge in [0.15, 0.2) is 5.96 Å². The van der Waals surface area contributed by atoms with Crippen LogP contribution in [0.5, 0.6) is 0 Å². The first-order valence-corrected chi connectivity index (χ1v) is 9.55. The summed E-state index contributed by atoms with van der Waals surface area (Å²) in [4.78, 5) is 6.78. The number of guanidine groups is 1. The molecule has 1 atom stereocenters. The molecule has 0 saturated carbocycles. The van der Waals surface area contributed by atoms with Gasteiger partial charge in [-0.1, -0.05) is 45.0 Å². The van der Waals surface area contributed by atoms with E-state index in [2.05, 4.69) is 60.2 Å². The van der Waals surface area contributed by atoms with Crippen LogP contribution in [0, 0.1) is 5.92 Å². The van der Waals surface area contributed by atoms with Crippen molar-refractivity contribution < 1.29 is 9.47 Å². The first-order chi connectivity index (χ1) is 12.4. The average molecular weight is 362 g/mol. The molecule has 1 aromatic rings. The zero-order chi connectivity index (χ0) is 19.0. The van der Waals surface area contributed by atoms with Crippen molar-refractivity contribution in [3.05, 3.63) is 35.4 Å². The van der Waals surface area contributed by atoms with Gasteiger partial charge < -0.3 is 19.7 Å². The summed E-state index contributed by atoms with van der Waals surface area (Å²) in [5.74, 6) is 1.54. The molecule has 1 N–H and O–H groups in total. The lowest BCUT2D eigenvalue weighted by Gasteiger charge is -2.22. The highest BCUT2D eigenvalue weighted by atomic mass is 16.5. The molecule has 2 rings (SSSR count). The van der Waals surface area contributed by atoms with Gasteiger partial charge in [-0.3, -0.25) is 4.99 Å². The number of nitrogens with zero attached hydrogens (tertiary/aromatic N) is 2. The minimum atomic E-state index is 0.192. The molecule has 146 valence electrons. The molecule has 5 heteroatoms. The fourth-order valence-electron chi connectivity index (χ4n) is 3.19. The van der Waals surface area contributed by atoms with Gasteiger partial charge in [0.2, 0.25) is 0 Å². The summed E-state index contributed by atoms with van der Waals surface area (Å²) < 4.78 is 10.7. The van der Waals surface area contributed by atoms with Crippen LogP contribution in [-0.4, -0.2) is 57.9 Å². The lowest BCUT2D eigenvalue weighted by molar-refractivity contribution is 0.0536. The molecular formula is C21H35N3O2. The van der Waals surface area contributed by atoms with Crippen LogP contribution < -0.4 is 5.32 Å². The number of methoxy groups -OCH3 is 1. The molecule has 1 saturated heterocycles. The van der Waals surface area contributed by atoms with Crippen LogP contribution in [0.2, 0.25) is 0 Å². The van der Waals surface area contributed by atoms with Gasteiger partial charge in [-0.15, -0.1) is 0 Å². The SMILES string of the molecule is CN=C(NCc1ccc(C(C)(C)C)cc1)N1CCC(COCCOC)C1. The van der Waals surface area contributed by atoms with Gasteiger partial charge >= 0.3 is 0 Å². The van der Waals surface area contributed by atoms with Crippen molar-refractivity contribution in [1.29, 1.82) is 0 Å². The van der Waals surface area contributed by atoms with Gasteiger partial charge in [0.1, 0.15) is 0 Å². The van der Waals surface area contributed by atoms with E-state index in [9.17, 15) is 0 Å². The summed E-state index contributed by atoms with van der Waals surface area (Å²) in [6.45, 7) is 11.7. The Hall–Kier alpha value is -1.59. The molecule has 5 nitrogen and oxygen atoms in total. The van der Waals surface area contributed by atoms with Crippen LogP contribution in [0.1, 0.15) is 38.3 Å². The summed E-state index contributed by atoms with van der Waals surface area (Å²) in [5, 5.41) is 3.50. The quantitative estimate of drug-likeness (QED) is 0.461. The smallest absolute Gasteiger partial charge is 0.193 e. The second-order valence-corrected chi connectivity index (χ2v) is 8.02. The second-order valence-electron chi connectivity index (χ2n) is 8.02. The highest BCUT2D eigenvalue weighted by Gasteiger charge is 2.24. The van der Waals surface area contributed by atoms with E-state index >= 15 is 0 Å². The summed E-state index contributed by atoms with van der Waals surface area (Å²) in [7, 11) is 3.56. The number of hydrogen-bond donors (Lipinski definition) is 1. The monoisotopic (exact) mass is 361 g/mol. The van der Waals surface area contributed by atoms with Crippen molar-refractivity contribution >= 4 is 5.96 Å². The number of aliphatic imine (C=N–C) groups is 1. The Labute approximate surface area is 158 Å². The first kappa shape index (κ1) is 20.7. The van der Waals surface area contributed by atoms with Gasteiger partial charge in [0.05, 0.1) is 19.8 Å². The average Bonchev–Trinajstić information content (AvgIpc) is 3.08. The number of benzene rings is 1. The van der Waals surface area contributed by atoms with Gasteiger partial charge in [-0.25, -0.2) is 0 Å². The van der Waals surface area contributed by atoms with Crippen molar-refractivity contribution in [2.75, 3.05) is 47.1 Å². The van der Waals surface area contributed by atoms with Crippen LogP contribution in [0.4, 0.5) is 0 Å². The Bertz CT molecular complexity index is 564. The lowest BCUT2D eigenvalue weighted by atomic mass is 9.87. The number of rotatable bonds is 7. The number of hydrogen-bond acceptors (Lipinski definition) is 3. The predicted octanol–water partition coefficient (Wildman–Crippen LogP) is 3.04. The molecule has 0 aliphatic carbocycles. The molecule has 26 heavy (non-hydrogen) atoms. The zero-order valence-electron chi connectivity index (χ0n) is 17.0. The molecule has 0 bridgehead atoms. The summed E-state index contributed by atoms with van der Waals surface area (Å²) >= 11 is 0. The maximum absolute atomic E-state index is 5.68. The molecule has 1 heterocycles. The molecule has 1 unspecified atom stereocenters. The summed E-state index contributed by atoms with van der Waals surface area (Å²) in [5.41, 5.74) is 2.83. The molecule has 1 aliphatic rings. The van der Waals surface area contributed by atoms with Crippen molar-refractivity contribution in [1.82, 2.24) is 10.2 Å². The minimum Gasteiger partial charge on any atom is -0.382 e. The zero-order valence-corrected chi connectivity index (χ0v) is 17.0. The maximum Gasteiger partial charge on any atom is 0.193 e. The van der Waals surface area contributed by atoms with Gasteiger partial charge in [-0.05, 0) is 23.0 Å². The van der Waals surface area contributed by atoms with Crippen LogP contribution in [0.25, 0.3) is 0 Å². The number of likely N-dealkylation sites (tertiary alicyclic amines) is 1. The van der Waals surface area contributed by atoms with Crippen LogP contribution in [-0.2, 0) is 21.4 Å². The Morgan fingerprint density at radius 3 is 2.58 bits per heavy atom. The standard InChI is InChI=1S/C21H35N3O2/c1-21(2,3)19-8-6-17(7-9-19)14-23-20(22-4)24-11-10-18(15-24)16-26-13-12-25-5/h6-9,18H,10-16H2,1-5H3,(H,22,23). The van der Waals surface area contributed by atoms with E-state index in [0.717, 1.165) is 38.6 Å². The van der Waals surface area contributed by atoms with Crippen LogP contribution in [0.15, 0.2) is 29.3 Å². The van der Waals surface area contributed by atoms with Gasteiger partial charge in [0.25, 0.3) is 0 Å².